The van der Waals surface area contributed by atoms with Crippen molar-refractivity contribution in [2.24, 2.45) is 0 Å². The van der Waals surface area contributed by atoms with Crippen LogP contribution in [0.25, 0.3) is 0 Å². The van der Waals surface area contributed by atoms with Gasteiger partial charge in [0.1, 0.15) is 5.78 Å². The molecule has 0 aliphatic carbocycles. The summed E-state index contributed by atoms with van der Waals surface area (Å²) >= 11 is 0. The molecule has 1 atom stereocenters. The molecule has 2 rings (SSSR count). The molecule has 0 radical (unpaired) electrons. The third-order valence-electron chi connectivity index (χ3n) is 2.96. The van der Waals surface area contributed by atoms with Gasteiger partial charge in [0.25, 0.3) is 0 Å². The summed E-state index contributed by atoms with van der Waals surface area (Å²) in [6, 6.07) is 7.25. The van der Waals surface area contributed by atoms with Crippen LogP contribution in [0, 0.1) is 0 Å². The second-order valence-corrected chi connectivity index (χ2v) is 4.11. The van der Waals surface area contributed by atoms with Crippen LogP contribution in [0.15, 0.2) is 24.3 Å². The molecule has 1 N–H and O–H groups in total. The van der Waals surface area contributed by atoms with E-state index < -0.39 is 0 Å². The third-order valence-corrected chi connectivity index (χ3v) is 2.96. The molecule has 1 aliphatic rings. The van der Waals surface area contributed by atoms with E-state index in [-0.39, 0.29) is 17.8 Å². The summed E-state index contributed by atoms with van der Waals surface area (Å²) < 4.78 is 4.63. The largest absolute Gasteiger partial charge is 0.465 e. The number of hydrogen-bond acceptors (Lipinski definition) is 4. The average Bonchev–Trinajstić information content (AvgIpc) is 2.38. The molecule has 1 saturated heterocycles. The van der Waals surface area contributed by atoms with Crippen LogP contribution >= 0.6 is 0 Å². The molecule has 0 bridgehead atoms. The molecule has 90 valence electrons. The van der Waals surface area contributed by atoms with Crippen LogP contribution in [0.2, 0.25) is 0 Å². The zero-order valence-corrected chi connectivity index (χ0v) is 9.73. The number of ketones is 1. The fourth-order valence-electron chi connectivity index (χ4n) is 1.99. The minimum absolute atomic E-state index is 0.0722. The first kappa shape index (κ1) is 11.8. The number of benzene rings is 1. The van der Waals surface area contributed by atoms with Crippen molar-refractivity contribution in [1.29, 1.82) is 0 Å². The van der Waals surface area contributed by atoms with Gasteiger partial charge in [0.15, 0.2) is 0 Å². The van der Waals surface area contributed by atoms with Crippen molar-refractivity contribution >= 4 is 11.8 Å². The average molecular weight is 233 g/mol. The summed E-state index contributed by atoms with van der Waals surface area (Å²) in [4.78, 5) is 22.6. The fraction of sp³-hybridized carbons (Fsp3) is 0.385. The van der Waals surface area contributed by atoms with Crippen molar-refractivity contribution in [2.75, 3.05) is 13.7 Å². The minimum Gasteiger partial charge on any atom is -0.465 e. The van der Waals surface area contributed by atoms with Crippen molar-refractivity contribution < 1.29 is 14.3 Å². The lowest BCUT2D eigenvalue weighted by molar-refractivity contribution is -0.120. The van der Waals surface area contributed by atoms with Crippen molar-refractivity contribution in [3.05, 3.63) is 35.4 Å². The van der Waals surface area contributed by atoms with E-state index in [1.165, 1.54) is 7.11 Å². The van der Waals surface area contributed by atoms with Gasteiger partial charge in [-0.1, -0.05) is 12.1 Å². The second kappa shape index (κ2) is 5.10. The SMILES string of the molecule is COC(=O)c1ccc(C2CC(=O)CCN2)cc1. The van der Waals surface area contributed by atoms with E-state index in [2.05, 4.69) is 10.1 Å². The number of hydrogen-bond donors (Lipinski definition) is 1. The van der Waals surface area contributed by atoms with Crippen LogP contribution < -0.4 is 5.32 Å². The van der Waals surface area contributed by atoms with Gasteiger partial charge in [-0.05, 0) is 17.7 Å². The normalized spacial score (nSPS) is 20.1. The van der Waals surface area contributed by atoms with E-state index in [1.54, 1.807) is 12.1 Å². The van der Waals surface area contributed by atoms with Crippen molar-refractivity contribution in [1.82, 2.24) is 5.32 Å². The Kier molecular flexibility index (Phi) is 3.54. The predicted octanol–water partition coefficient (Wildman–Crippen LogP) is 1.47. The molecule has 4 nitrogen and oxygen atoms in total. The summed E-state index contributed by atoms with van der Waals surface area (Å²) in [5.74, 6) is -0.0602. The van der Waals surface area contributed by atoms with E-state index in [1.807, 2.05) is 12.1 Å². The highest BCUT2D eigenvalue weighted by Gasteiger charge is 2.20. The van der Waals surface area contributed by atoms with Gasteiger partial charge in [-0.15, -0.1) is 0 Å². The maximum Gasteiger partial charge on any atom is 0.337 e. The number of rotatable bonds is 2. The number of carbonyl (C=O) groups excluding carboxylic acids is 2. The predicted molar refractivity (Wildman–Crippen MR) is 62.8 cm³/mol. The van der Waals surface area contributed by atoms with Crippen molar-refractivity contribution in [3.8, 4) is 0 Å². The number of Topliss-reactive ketones (excluding diaryl/α,β-unsaturated/α-hetero) is 1. The Labute approximate surface area is 100.0 Å². The molecule has 0 saturated carbocycles. The Morgan fingerprint density at radius 2 is 2.06 bits per heavy atom. The highest BCUT2D eigenvalue weighted by Crippen LogP contribution is 2.21. The molecule has 0 spiro atoms. The Bertz CT molecular complexity index is 425. The quantitative estimate of drug-likeness (QED) is 0.786. The molecule has 1 aromatic carbocycles. The lowest BCUT2D eigenvalue weighted by atomic mass is 9.96. The van der Waals surface area contributed by atoms with Crippen molar-refractivity contribution in [3.63, 3.8) is 0 Å². The van der Waals surface area contributed by atoms with E-state index in [0.29, 0.717) is 18.4 Å². The zero-order chi connectivity index (χ0) is 12.3. The lowest BCUT2D eigenvalue weighted by Gasteiger charge is -2.23. The number of nitrogens with one attached hydrogen (secondary N) is 1. The summed E-state index contributed by atoms with van der Waals surface area (Å²) in [7, 11) is 1.36. The maximum absolute atomic E-state index is 11.4. The molecule has 0 amide bonds. The first-order chi connectivity index (χ1) is 8.20. The van der Waals surface area contributed by atoms with Gasteiger partial charge in [-0.2, -0.15) is 0 Å². The number of ether oxygens (including phenoxy) is 1. The number of piperidine rings is 1. The van der Waals surface area contributed by atoms with Gasteiger partial charge >= 0.3 is 5.97 Å². The van der Waals surface area contributed by atoms with E-state index in [0.717, 1.165) is 12.1 Å². The monoisotopic (exact) mass is 233 g/mol. The maximum atomic E-state index is 11.4. The van der Waals surface area contributed by atoms with Crippen LogP contribution in [0.5, 0.6) is 0 Å². The van der Waals surface area contributed by atoms with Gasteiger partial charge in [-0.25, -0.2) is 4.79 Å². The molecule has 1 fully saturated rings. The summed E-state index contributed by atoms with van der Waals surface area (Å²) in [6.07, 6.45) is 1.13. The topological polar surface area (TPSA) is 55.4 Å². The van der Waals surface area contributed by atoms with Crippen molar-refractivity contribution in [2.45, 2.75) is 18.9 Å². The zero-order valence-electron chi connectivity index (χ0n) is 9.73. The Hall–Kier alpha value is -1.68. The van der Waals surface area contributed by atoms with E-state index in [4.69, 9.17) is 0 Å². The molecule has 4 heteroatoms. The number of carbonyl (C=O) groups is 2. The first-order valence-corrected chi connectivity index (χ1v) is 5.64. The van der Waals surface area contributed by atoms with Gasteiger partial charge < -0.3 is 10.1 Å². The van der Waals surface area contributed by atoms with E-state index >= 15 is 0 Å². The number of methoxy groups -OCH3 is 1. The van der Waals surface area contributed by atoms with E-state index in [9.17, 15) is 9.59 Å². The standard InChI is InChI=1S/C13H15NO3/c1-17-13(16)10-4-2-9(3-5-10)12-8-11(15)6-7-14-12/h2-5,12,14H,6-8H2,1H3. The second-order valence-electron chi connectivity index (χ2n) is 4.11. The van der Waals surface area contributed by atoms with Crippen LogP contribution in [-0.4, -0.2) is 25.4 Å². The minimum atomic E-state index is -0.343. The molecule has 0 aromatic heterocycles. The van der Waals surface area contributed by atoms with Crippen LogP contribution in [0.1, 0.15) is 34.8 Å². The van der Waals surface area contributed by atoms with Crippen LogP contribution in [0.3, 0.4) is 0 Å². The van der Waals surface area contributed by atoms with Gasteiger partial charge in [0.2, 0.25) is 0 Å². The highest BCUT2D eigenvalue weighted by atomic mass is 16.5. The van der Waals surface area contributed by atoms with Gasteiger partial charge in [-0.3, -0.25) is 4.79 Å². The summed E-state index contributed by atoms with van der Waals surface area (Å²) in [5.41, 5.74) is 1.56. The third kappa shape index (κ3) is 2.71. The molecule has 1 aliphatic heterocycles. The molecule has 1 aromatic rings. The highest BCUT2D eigenvalue weighted by molar-refractivity contribution is 5.89. The Morgan fingerprint density at radius 1 is 1.35 bits per heavy atom. The van der Waals surface area contributed by atoms with Crippen LogP contribution in [0.4, 0.5) is 0 Å². The first-order valence-electron chi connectivity index (χ1n) is 5.64. The number of esters is 1. The smallest absolute Gasteiger partial charge is 0.337 e. The molecule has 1 unspecified atom stereocenters. The molecule has 17 heavy (non-hydrogen) atoms. The Balaban J connectivity index is 2.12. The molecule has 1 heterocycles. The van der Waals surface area contributed by atoms with Gasteiger partial charge in [0, 0.05) is 25.4 Å². The van der Waals surface area contributed by atoms with Gasteiger partial charge in [0.05, 0.1) is 12.7 Å². The summed E-state index contributed by atoms with van der Waals surface area (Å²) in [5, 5.41) is 3.29. The van der Waals surface area contributed by atoms with Crippen LogP contribution in [-0.2, 0) is 9.53 Å². The molecular formula is C13H15NO3. The fourth-order valence-corrected chi connectivity index (χ4v) is 1.99. The summed E-state index contributed by atoms with van der Waals surface area (Å²) in [6.45, 7) is 0.724. The lowest BCUT2D eigenvalue weighted by Crippen LogP contribution is -2.31. The Morgan fingerprint density at radius 3 is 2.65 bits per heavy atom. The molecular weight excluding hydrogens is 218 g/mol.